The average Bonchev–Trinajstić information content (AvgIpc) is 3.13. The molecule has 0 N–H and O–H groups in total. The van der Waals surface area contributed by atoms with Crippen molar-refractivity contribution < 1.29 is 9.53 Å². The van der Waals surface area contributed by atoms with E-state index in [9.17, 15) is 9.59 Å². The Bertz CT molecular complexity index is 1030. The Hall–Kier alpha value is -2.45. The van der Waals surface area contributed by atoms with Crippen LogP contribution in [0.4, 0.5) is 0 Å². The number of nitrogens with zero attached hydrogens (tertiary/aromatic N) is 4. The van der Waals surface area contributed by atoms with Gasteiger partial charge in [0.05, 0.1) is 12.1 Å². The highest BCUT2D eigenvalue weighted by Gasteiger charge is 2.23. The number of thiophene rings is 1. The fraction of sp³-hybridized carbons (Fsp3) is 0.389. The number of carbonyl (C=O) groups is 1. The second-order valence-electron chi connectivity index (χ2n) is 6.43. The van der Waals surface area contributed by atoms with Crippen molar-refractivity contribution in [2.45, 2.75) is 19.6 Å². The molecule has 8 heteroatoms. The van der Waals surface area contributed by atoms with Gasteiger partial charge in [-0.15, -0.1) is 11.3 Å². The van der Waals surface area contributed by atoms with Gasteiger partial charge in [0.25, 0.3) is 0 Å². The predicted molar refractivity (Wildman–Crippen MR) is 100 cm³/mol. The van der Waals surface area contributed by atoms with Gasteiger partial charge >= 0.3 is 5.69 Å². The van der Waals surface area contributed by atoms with Crippen LogP contribution in [-0.4, -0.2) is 45.1 Å². The van der Waals surface area contributed by atoms with Gasteiger partial charge in [-0.3, -0.25) is 13.9 Å². The van der Waals surface area contributed by atoms with Crippen LogP contribution in [0.1, 0.15) is 11.3 Å². The van der Waals surface area contributed by atoms with E-state index in [2.05, 4.69) is 4.98 Å². The first-order chi connectivity index (χ1) is 12.6. The van der Waals surface area contributed by atoms with E-state index in [0.29, 0.717) is 17.8 Å². The molecule has 1 aliphatic rings. The smallest absolute Gasteiger partial charge is 0.330 e. The van der Waals surface area contributed by atoms with Gasteiger partial charge in [-0.2, -0.15) is 0 Å². The van der Waals surface area contributed by atoms with Gasteiger partial charge in [0.2, 0.25) is 5.91 Å². The first-order valence-electron chi connectivity index (χ1n) is 8.49. The Balaban J connectivity index is 1.74. The molecule has 0 saturated carbocycles. The number of likely N-dealkylation sites (tertiary alicyclic amines) is 1. The Morgan fingerprint density at radius 2 is 2.15 bits per heavy atom. The molecule has 4 heterocycles. The van der Waals surface area contributed by atoms with Crippen LogP contribution in [-0.2, 0) is 29.7 Å². The van der Waals surface area contributed by atoms with Crippen molar-refractivity contribution in [3.8, 4) is 10.4 Å². The highest BCUT2D eigenvalue weighted by Crippen LogP contribution is 2.29. The van der Waals surface area contributed by atoms with Crippen LogP contribution < -0.4 is 5.69 Å². The van der Waals surface area contributed by atoms with E-state index >= 15 is 0 Å². The van der Waals surface area contributed by atoms with Crippen LogP contribution in [0.2, 0.25) is 0 Å². The maximum Gasteiger partial charge on any atom is 0.330 e. The predicted octanol–water partition coefficient (Wildman–Crippen LogP) is 1.84. The number of rotatable bonds is 5. The minimum absolute atomic E-state index is 0.0187. The summed E-state index contributed by atoms with van der Waals surface area (Å²) >= 11 is 1.63. The first kappa shape index (κ1) is 17.0. The average molecular weight is 372 g/mol. The number of aromatic nitrogens is 3. The Kier molecular flexibility index (Phi) is 4.37. The highest BCUT2D eigenvalue weighted by atomic mass is 32.1. The Morgan fingerprint density at radius 1 is 1.35 bits per heavy atom. The minimum atomic E-state index is -0.218. The monoisotopic (exact) mass is 372 g/mol. The van der Waals surface area contributed by atoms with Gasteiger partial charge in [-0.1, -0.05) is 0 Å². The van der Waals surface area contributed by atoms with Gasteiger partial charge < -0.3 is 9.64 Å². The number of methoxy groups -OCH3 is 1. The Labute approximate surface area is 154 Å². The summed E-state index contributed by atoms with van der Waals surface area (Å²) in [5, 5.41) is 0. The molecule has 0 radical (unpaired) electrons. The van der Waals surface area contributed by atoms with Gasteiger partial charge in [0.1, 0.15) is 6.54 Å². The summed E-state index contributed by atoms with van der Waals surface area (Å²) in [5.74, 6) is -0.0187. The molecule has 26 heavy (non-hydrogen) atoms. The van der Waals surface area contributed by atoms with Gasteiger partial charge in [0.15, 0.2) is 5.65 Å². The van der Waals surface area contributed by atoms with E-state index in [4.69, 9.17) is 4.74 Å². The highest BCUT2D eigenvalue weighted by molar-refractivity contribution is 7.15. The van der Waals surface area contributed by atoms with Gasteiger partial charge in [-0.05, 0) is 24.6 Å². The number of hydrogen-bond acceptors (Lipinski definition) is 5. The molecule has 1 fully saturated rings. The summed E-state index contributed by atoms with van der Waals surface area (Å²) in [4.78, 5) is 33.4. The second-order valence-corrected chi connectivity index (χ2v) is 7.60. The molecule has 7 nitrogen and oxygen atoms in total. The normalized spacial score (nSPS) is 14.0. The van der Waals surface area contributed by atoms with Crippen molar-refractivity contribution >= 4 is 28.4 Å². The molecule has 1 saturated heterocycles. The van der Waals surface area contributed by atoms with Crippen molar-refractivity contribution in [3.05, 3.63) is 39.8 Å². The fourth-order valence-corrected chi connectivity index (χ4v) is 4.08. The molecular weight excluding hydrogens is 352 g/mol. The van der Waals surface area contributed by atoms with Gasteiger partial charge in [0, 0.05) is 48.8 Å². The number of pyridine rings is 1. The van der Waals surface area contributed by atoms with Crippen LogP contribution in [0.25, 0.3) is 21.6 Å². The van der Waals surface area contributed by atoms with E-state index in [0.717, 1.165) is 34.8 Å². The van der Waals surface area contributed by atoms with Crippen molar-refractivity contribution in [2.24, 2.45) is 7.05 Å². The first-order valence-corrected chi connectivity index (χ1v) is 9.31. The lowest BCUT2D eigenvalue weighted by Gasteiger charge is -2.30. The van der Waals surface area contributed by atoms with E-state index in [1.54, 1.807) is 36.6 Å². The summed E-state index contributed by atoms with van der Waals surface area (Å²) < 4.78 is 8.19. The third-order valence-corrected chi connectivity index (χ3v) is 5.82. The molecule has 136 valence electrons. The van der Waals surface area contributed by atoms with Gasteiger partial charge in [-0.25, -0.2) is 9.78 Å². The molecule has 1 aliphatic heterocycles. The maximum atomic E-state index is 12.6. The summed E-state index contributed by atoms with van der Waals surface area (Å²) in [6, 6.07) is 5.99. The lowest BCUT2D eigenvalue weighted by molar-refractivity contribution is -0.135. The number of imidazole rings is 1. The zero-order valence-electron chi connectivity index (χ0n) is 14.8. The maximum absolute atomic E-state index is 12.6. The zero-order valence-corrected chi connectivity index (χ0v) is 15.6. The number of ether oxygens (including phenoxy) is 1. The molecule has 0 unspecified atom stereocenters. The summed E-state index contributed by atoms with van der Waals surface area (Å²) in [6.45, 7) is 2.18. The van der Waals surface area contributed by atoms with Crippen molar-refractivity contribution in [3.63, 3.8) is 0 Å². The number of hydrogen-bond donors (Lipinski definition) is 0. The van der Waals surface area contributed by atoms with Crippen molar-refractivity contribution in [2.75, 3.05) is 20.2 Å². The number of amides is 1. The molecule has 0 bridgehead atoms. The summed E-state index contributed by atoms with van der Waals surface area (Å²) in [7, 11) is 3.36. The van der Waals surface area contributed by atoms with Crippen LogP contribution in [0.15, 0.2) is 29.2 Å². The molecule has 0 atom stereocenters. The van der Waals surface area contributed by atoms with Crippen molar-refractivity contribution in [1.29, 1.82) is 0 Å². The molecule has 3 aromatic rings. The Morgan fingerprint density at radius 3 is 2.85 bits per heavy atom. The quantitative estimate of drug-likeness (QED) is 0.685. The third-order valence-electron chi connectivity index (χ3n) is 4.71. The molecular formula is C18H20N4O3S. The minimum Gasteiger partial charge on any atom is -0.379 e. The molecule has 1 amide bonds. The number of aryl methyl sites for hydroxylation is 1. The van der Waals surface area contributed by atoms with E-state index in [-0.39, 0.29) is 18.1 Å². The van der Waals surface area contributed by atoms with Crippen molar-refractivity contribution in [1.82, 2.24) is 19.0 Å². The van der Waals surface area contributed by atoms with E-state index in [1.807, 2.05) is 18.2 Å². The largest absolute Gasteiger partial charge is 0.379 e. The topological polar surface area (TPSA) is 69.4 Å². The third kappa shape index (κ3) is 2.85. The van der Waals surface area contributed by atoms with Crippen LogP contribution >= 0.6 is 11.3 Å². The molecule has 0 aliphatic carbocycles. The molecule has 4 rings (SSSR count). The standard InChI is InChI=1S/C18H20N4O3S/c1-20-17-14(22(18(20)24)10-16(23)21-6-3-7-21)8-12(9-19-17)15-5-4-13(26-15)11-25-2/h4-5,8-9H,3,6-7,10-11H2,1-2H3. The lowest BCUT2D eigenvalue weighted by Crippen LogP contribution is -2.44. The van der Waals surface area contributed by atoms with E-state index < -0.39 is 0 Å². The number of fused-ring (bicyclic) bond motifs is 1. The lowest BCUT2D eigenvalue weighted by atomic mass is 10.2. The summed E-state index contributed by atoms with van der Waals surface area (Å²) in [6.07, 6.45) is 2.80. The summed E-state index contributed by atoms with van der Waals surface area (Å²) in [5.41, 5.74) is 1.99. The molecule has 0 aromatic carbocycles. The van der Waals surface area contributed by atoms with Crippen LogP contribution in [0.3, 0.4) is 0 Å². The zero-order chi connectivity index (χ0) is 18.3. The second kappa shape index (κ2) is 6.69. The van der Waals surface area contributed by atoms with Crippen LogP contribution in [0.5, 0.6) is 0 Å². The number of carbonyl (C=O) groups excluding carboxylic acids is 1. The SMILES string of the molecule is COCc1ccc(-c2cnc3c(c2)n(CC(=O)N2CCC2)c(=O)n3C)s1. The van der Waals surface area contributed by atoms with E-state index in [1.165, 1.54) is 9.13 Å². The fourth-order valence-electron chi connectivity index (χ4n) is 3.12. The molecule has 3 aromatic heterocycles. The molecule has 0 spiro atoms. The van der Waals surface area contributed by atoms with Crippen LogP contribution in [0, 0.1) is 0 Å².